The molecule has 0 spiro atoms. The van der Waals surface area contributed by atoms with E-state index >= 15 is 0 Å². The van der Waals surface area contributed by atoms with Crippen LogP contribution in [-0.4, -0.2) is 16.8 Å². The second-order valence-corrected chi connectivity index (χ2v) is 5.55. The van der Waals surface area contributed by atoms with Crippen LogP contribution >= 0.6 is 27.7 Å². The zero-order chi connectivity index (χ0) is 12.0. The Morgan fingerprint density at radius 2 is 2.19 bits per heavy atom. The van der Waals surface area contributed by atoms with Crippen LogP contribution in [0.25, 0.3) is 0 Å². The Balaban J connectivity index is 2.68. The first kappa shape index (κ1) is 13.6. The van der Waals surface area contributed by atoms with Gasteiger partial charge < -0.3 is 5.11 Å². The number of unbranched alkanes of at least 4 members (excludes halogenated alkanes) is 2. The van der Waals surface area contributed by atoms with E-state index in [-0.39, 0.29) is 0 Å². The Labute approximate surface area is 109 Å². The van der Waals surface area contributed by atoms with Crippen molar-refractivity contribution >= 4 is 33.7 Å². The van der Waals surface area contributed by atoms with E-state index in [1.807, 2.05) is 6.07 Å². The van der Waals surface area contributed by atoms with Crippen molar-refractivity contribution in [2.45, 2.75) is 31.1 Å². The van der Waals surface area contributed by atoms with E-state index in [4.69, 9.17) is 5.11 Å². The topological polar surface area (TPSA) is 37.3 Å². The summed E-state index contributed by atoms with van der Waals surface area (Å²) in [5.41, 5.74) is 0.393. The molecule has 0 aliphatic heterocycles. The van der Waals surface area contributed by atoms with Crippen molar-refractivity contribution in [1.82, 2.24) is 0 Å². The van der Waals surface area contributed by atoms with Crippen molar-refractivity contribution in [3.63, 3.8) is 0 Å². The van der Waals surface area contributed by atoms with Crippen LogP contribution in [-0.2, 0) is 0 Å². The summed E-state index contributed by atoms with van der Waals surface area (Å²) in [7, 11) is 0. The van der Waals surface area contributed by atoms with Gasteiger partial charge in [0, 0.05) is 9.37 Å². The van der Waals surface area contributed by atoms with E-state index in [1.54, 1.807) is 23.9 Å². The van der Waals surface area contributed by atoms with Gasteiger partial charge in [-0.2, -0.15) is 0 Å². The minimum Gasteiger partial charge on any atom is -0.478 e. The van der Waals surface area contributed by atoms with E-state index in [1.165, 1.54) is 12.8 Å². The largest absolute Gasteiger partial charge is 0.478 e. The Morgan fingerprint density at radius 1 is 1.44 bits per heavy atom. The predicted octanol–water partition coefficient (Wildman–Crippen LogP) is 4.43. The highest BCUT2D eigenvalue weighted by atomic mass is 79.9. The molecule has 0 fully saturated rings. The lowest BCUT2D eigenvalue weighted by molar-refractivity contribution is 0.0693. The first-order chi connectivity index (χ1) is 7.65. The number of hydrogen-bond acceptors (Lipinski definition) is 2. The molecule has 88 valence electrons. The molecule has 0 unspecified atom stereocenters. The maximum absolute atomic E-state index is 11.0. The number of carboxylic acids is 1. The van der Waals surface area contributed by atoms with Crippen LogP contribution in [0.5, 0.6) is 0 Å². The zero-order valence-electron chi connectivity index (χ0n) is 9.20. The second-order valence-electron chi connectivity index (χ2n) is 3.50. The average molecular weight is 303 g/mol. The summed E-state index contributed by atoms with van der Waals surface area (Å²) < 4.78 is 0.926. The first-order valence-electron chi connectivity index (χ1n) is 5.30. The summed E-state index contributed by atoms with van der Waals surface area (Å²) in [6.45, 7) is 2.16. The normalized spacial score (nSPS) is 10.4. The molecule has 1 aromatic carbocycles. The summed E-state index contributed by atoms with van der Waals surface area (Å²) in [5, 5.41) is 9.03. The van der Waals surface area contributed by atoms with E-state index in [9.17, 15) is 4.79 Å². The van der Waals surface area contributed by atoms with Gasteiger partial charge in [0.1, 0.15) is 0 Å². The highest BCUT2D eigenvalue weighted by Gasteiger charge is 2.10. The Morgan fingerprint density at radius 3 is 2.81 bits per heavy atom. The molecular formula is C12H15BrO2S. The van der Waals surface area contributed by atoms with Crippen molar-refractivity contribution in [3.05, 3.63) is 28.2 Å². The lowest BCUT2D eigenvalue weighted by Gasteiger charge is -2.06. The molecule has 4 heteroatoms. The van der Waals surface area contributed by atoms with Crippen molar-refractivity contribution in [1.29, 1.82) is 0 Å². The summed E-state index contributed by atoms with van der Waals surface area (Å²) in [6, 6.07) is 5.29. The van der Waals surface area contributed by atoms with Crippen molar-refractivity contribution in [2.75, 3.05) is 5.75 Å². The molecule has 1 rings (SSSR count). The summed E-state index contributed by atoms with van der Waals surface area (Å²) in [4.78, 5) is 11.8. The second kappa shape index (κ2) is 6.97. The molecule has 1 N–H and O–H groups in total. The fraction of sp³-hybridized carbons (Fsp3) is 0.417. The van der Waals surface area contributed by atoms with Gasteiger partial charge in [-0.05, 0) is 30.4 Å². The highest BCUT2D eigenvalue weighted by molar-refractivity contribution is 9.10. The van der Waals surface area contributed by atoms with E-state index in [0.29, 0.717) is 5.56 Å². The molecule has 16 heavy (non-hydrogen) atoms. The zero-order valence-corrected chi connectivity index (χ0v) is 11.6. The maximum Gasteiger partial charge on any atom is 0.336 e. The van der Waals surface area contributed by atoms with E-state index in [2.05, 4.69) is 22.9 Å². The van der Waals surface area contributed by atoms with Crippen LogP contribution in [0, 0.1) is 0 Å². The standard InChI is InChI=1S/C12H15BrO2S/c1-2-3-4-7-16-11-8-9(13)5-6-10(11)12(14)15/h5-6,8H,2-4,7H2,1H3,(H,14,15). The highest BCUT2D eigenvalue weighted by Crippen LogP contribution is 2.27. The van der Waals surface area contributed by atoms with Gasteiger partial charge in [0.25, 0.3) is 0 Å². The lowest BCUT2D eigenvalue weighted by Crippen LogP contribution is -1.98. The molecule has 2 nitrogen and oxygen atoms in total. The average Bonchev–Trinajstić information content (AvgIpc) is 2.24. The molecule has 0 radical (unpaired) electrons. The molecule has 0 amide bonds. The number of rotatable bonds is 6. The quantitative estimate of drug-likeness (QED) is 0.624. The number of benzene rings is 1. The van der Waals surface area contributed by atoms with Crippen molar-refractivity contribution in [2.24, 2.45) is 0 Å². The fourth-order valence-corrected chi connectivity index (χ4v) is 2.93. The Bertz CT molecular complexity index is 366. The molecule has 0 heterocycles. The minimum absolute atomic E-state index is 0.393. The van der Waals surface area contributed by atoms with Crippen LogP contribution in [0.3, 0.4) is 0 Å². The first-order valence-corrected chi connectivity index (χ1v) is 7.08. The monoisotopic (exact) mass is 302 g/mol. The van der Waals surface area contributed by atoms with Crippen molar-refractivity contribution in [3.8, 4) is 0 Å². The molecule has 0 atom stereocenters. The summed E-state index contributed by atoms with van der Waals surface area (Å²) in [6.07, 6.45) is 3.51. The van der Waals surface area contributed by atoms with Gasteiger partial charge in [0.2, 0.25) is 0 Å². The smallest absolute Gasteiger partial charge is 0.336 e. The van der Waals surface area contributed by atoms with Crippen LogP contribution < -0.4 is 0 Å². The van der Waals surface area contributed by atoms with Crippen LogP contribution in [0.4, 0.5) is 0 Å². The molecule has 0 bridgehead atoms. The third-order valence-electron chi connectivity index (χ3n) is 2.18. The van der Waals surface area contributed by atoms with Gasteiger partial charge in [0.05, 0.1) is 5.56 Å². The molecule has 0 saturated heterocycles. The van der Waals surface area contributed by atoms with E-state index < -0.39 is 5.97 Å². The van der Waals surface area contributed by atoms with Gasteiger partial charge in [-0.15, -0.1) is 11.8 Å². The maximum atomic E-state index is 11.0. The fourth-order valence-electron chi connectivity index (χ4n) is 1.33. The van der Waals surface area contributed by atoms with Gasteiger partial charge in [-0.3, -0.25) is 0 Å². The van der Waals surface area contributed by atoms with Gasteiger partial charge in [-0.25, -0.2) is 4.79 Å². The number of thioether (sulfide) groups is 1. The molecule has 1 aromatic rings. The Hall–Kier alpha value is -0.480. The SMILES string of the molecule is CCCCCSc1cc(Br)ccc1C(=O)O. The molecule has 0 aliphatic carbocycles. The predicted molar refractivity (Wildman–Crippen MR) is 71.4 cm³/mol. The molecule has 0 aromatic heterocycles. The molecule has 0 aliphatic rings. The summed E-state index contributed by atoms with van der Waals surface area (Å²) >= 11 is 4.98. The van der Waals surface area contributed by atoms with Crippen molar-refractivity contribution < 1.29 is 9.90 Å². The molecule has 0 saturated carbocycles. The lowest BCUT2D eigenvalue weighted by atomic mass is 10.2. The number of aromatic carboxylic acids is 1. The summed E-state index contributed by atoms with van der Waals surface area (Å²) in [5.74, 6) is 0.121. The van der Waals surface area contributed by atoms with Crippen LogP contribution in [0.2, 0.25) is 0 Å². The van der Waals surface area contributed by atoms with Crippen LogP contribution in [0.1, 0.15) is 36.5 Å². The number of carboxylic acid groups (broad SMARTS) is 1. The van der Waals surface area contributed by atoms with E-state index in [0.717, 1.165) is 21.5 Å². The van der Waals surface area contributed by atoms with Gasteiger partial charge in [-0.1, -0.05) is 35.7 Å². The Kier molecular flexibility index (Phi) is 5.91. The number of carbonyl (C=O) groups is 1. The third-order valence-corrected chi connectivity index (χ3v) is 3.81. The number of hydrogen-bond donors (Lipinski definition) is 1. The third kappa shape index (κ3) is 4.18. The van der Waals surface area contributed by atoms with Gasteiger partial charge >= 0.3 is 5.97 Å². The number of halogens is 1. The molecular weight excluding hydrogens is 288 g/mol. The minimum atomic E-state index is -0.856. The van der Waals surface area contributed by atoms with Gasteiger partial charge in [0.15, 0.2) is 0 Å². The van der Waals surface area contributed by atoms with Crippen LogP contribution in [0.15, 0.2) is 27.6 Å².